The van der Waals surface area contributed by atoms with Crippen molar-refractivity contribution in [3.63, 3.8) is 0 Å². The minimum atomic E-state index is -0.684. The molecule has 1 aromatic carbocycles. The average Bonchev–Trinajstić information content (AvgIpc) is 2.02. The monoisotopic (exact) mass is 205 g/mol. The molecule has 0 spiro atoms. The summed E-state index contributed by atoms with van der Waals surface area (Å²) >= 11 is 0.927. The van der Waals surface area contributed by atoms with Crippen molar-refractivity contribution in [3.8, 4) is 0 Å². The average molecular weight is 205 g/mol. The first-order chi connectivity index (χ1) is 6.15. The summed E-state index contributed by atoms with van der Waals surface area (Å²) in [6.07, 6.45) is 0. The number of nitrogens with two attached hydrogens (primary N) is 1. The molecular formula is C8H9F2NOS. The first-order valence-electron chi connectivity index (χ1n) is 3.63. The Morgan fingerprint density at radius 2 is 1.85 bits per heavy atom. The van der Waals surface area contributed by atoms with Gasteiger partial charge in [-0.25, -0.2) is 8.78 Å². The smallest absolute Gasteiger partial charge is 0.141 e. The number of anilines is 1. The van der Waals surface area contributed by atoms with E-state index < -0.39 is 11.6 Å². The lowest BCUT2D eigenvalue weighted by Gasteiger charge is -2.04. The third kappa shape index (κ3) is 2.57. The molecule has 72 valence electrons. The number of rotatable bonds is 3. The number of hydrogen-bond acceptors (Lipinski definition) is 3. The van der Waals surface area contributed by atoms with Gasteiger partial charge in [-0.15, -0.1) is 11.8 Å². The van der Waals surface area contributed by atoms with Crippen molar-refractivity contribution in [1.82, 2.24) is 0 Å². The van der Waals surface area contributed by atoms with Crippen LogP contribution >= 0.6 is 11.8 Å². The molecule has 1 rings (SSSR count). The number of halogens is 2. The Morgan fingerprint density at radius 3 is 2.31 bits per heavy atom. The van der Waals surface area contributed by atoms with E-state index in [4.69, 9.17) is 10.8 Å². The Kier molecular flexibility index (Phi) is 3.50. The molecule has 0 radical (unpaired) electrons. The summed E-state index contributed by atoms with van der Waals surface area (Å²) in [7, 11) is 0. The fraction of sp³-hybridized carbons (Fsp3) is 0.250. The molecule has 2 nitrogen and oxygen atoms in total. The Labute approximate surface area is 78.7 Å². The third-order valence-corrected chi connectivity index (χ3v) is 2.42. The first-order valence-corrected chi connectivity index (χ1v) is 4.62. The number of thioether (sulfide) groups is 1. The largest absolute Gasteiger partial charge is 0.399 e. The maximum absolute atomic E-state index is 13.0. The van der Waals surface area contributed by atoms with Crippen LogP contribution in [-0.2, 0) is 0 Å². The van der Waals surface area contributed by atoms with Crippen LogP contribution in [0.4, 0.5) is 14.5 Å². The van der Waals surface area contributed by atoms with E-state index in [0.717, 1.165) is 23.9 Å². The lowest BCUT2D eigenvalue weighted by molar-refractivity contribution is 0.322. The zero-order chi connectivity index (χ0) is 9.84. The van der Waals surface area contributed by atoms with Crippen molar-refractivity contribution in [2.24, 2.45) is 0 Å². The fourth-order valence-electron chi connectivity index (χ4n) is 0.865. The predicted octanol–water partition coefficient (Wildman–Crippen LogP) is 1.63. The number of nitrogen functional groups attached to an aromatic ring is 1. The summed E-state index contributed by atoms with van der Waals surface area (Å²) in [5.74, 6) is -1.11. The minimum absolute atomic E-state index is 0.0587. The number of hydrogen-bond donors (Lipinski definition) is 2. The van der Waals surface area contributed by atoms with Gasteiger partial charge in [-0.1, -0.05) is 0 Å². The molecular weight excluding hydrogens is 196 g/mol. The number of benzene rings is 1. The van der Waals surface area contributed by atoms with Crippen LogP contribution in [0.3, 0.4) is 0 Å². The minimum Gasteiger partial charge on any atom is -0.399 e. The third-order valence-electron chi connectivity index (χ3n) is 1.36. The molecule has 1 aromatic rings. The van der Waals surface area contributed by atoms with Crippen LogP contribution < -0.4 is 5.73 Å². The van der Waals surface area contributed by atoms with Crippen molar-refractivity contribution in [2.75, 3.05) is 18.1 Å². The molecule has 0 saturated carbocycles. The van der Waals surface area contributed by atoms with Crippen molar-refractivity contribution in [3.05, 3.63) is 23.8 Å². The maximum atomic E-state index is 13.0. The summed E-state index contributed by atoms with van der Waals surface area (Å²) < 4.78 is 26.0. The van der Waals surface area contributed by atoms with Crippen LogP contribution in [-0.4, -0.2) is 17.5 Å². The Morgan fingerprint density at radius 1 is 1.31 bits per heavy atom. The van der Waals surface area contributed by atoms with E-state index in [2.05, 4.69) is 0 Å². The molecule has 0 heterocycles. The van der Waals surface area contributed by atoms with Crippen molar-refractivity contribution in [1.29, 1.82) is 0 Å². The quantitative estimate of drug-likeness (QED) is 0.582. The standard InChI is InChI=1S/C8H9F2NOS/c9-6-3-5(11)4-7(10)8(6)13-2-1-12/h3-4,12H,1-2,11H2. The van der Waals surface area contributed by atoms with E-state index in [0.29, 0.717) is 0 Å². The highest BCUT2D eigenvalue weighted by Gasteiger charge is 2.09. The van der Waals surface area contributed by atoms with Gasteiger partial charge in [0.2, 0.25) is 0 Å². The molecule has 0 atom stereocenters. The van der Waals surface area contributed by atoms with E-state index in [1.54, 1.807) is 0 Å². The van der Waals surface area contributed by atoms with Crippen LogP contribution in [0.5, 0.6) is 0 Å². The summed E-state index contributed by atoms with van der Waals surface area (Å²) in [5, 5.41) is 8.47. The SMILES string of the molecule is Nc1cc(F)c(SCCO)c(F)c1. The van der Waals surface area contributed by atoms with Crippen LogP contribution in [0.25, 0.3) is 0 Å². The first kappa shape index (κ1) is 10.3. The normalized spacial score (nSPS) is 10.4. The van der Waals surface area contributed by atoms with Gasteiger partial charge in [0.05, 0.1) is 11.5 Å². The topological polar surface area (TPSA) is 46.2 Å². The van der Waals surface area contributed by atoms with Crippen LogP contribution in [0.15, 0.2) is 17.0 Å². The van der Waals surface area contributed by atoms with Crippen LogP contribution in [0.2, 0.25) is 0 Å². The second kappa shape index (κ2) is 4.43. The van der Waals surface area contributed by atoms with E-state index in [-0.39, 0.29) is 22.9 Å². The predicted molar refractivity (Wildman–Crippen MR) is 48.6 cm³/mol. The van der Waals surface area contributed by atoms with E-state index in [9.17, 15) is 8.78 Å². The Balaban J connectivity index is 2.92. The van der Waals surface area contributed by atoms with Gasteiger partial charge in [-0.3, -0.25) is 0 Å². The van der Waals surface area contributed by atoms with Crippen LogP contribution in [0.1, 0.15) is 0 Å². The van der Waals surface area contributed by atoms with Gasteiger partial charge in [-0.05, 0) is 12.1 Å². The van der Waals surface area contributed by atoms with Gasteiger partial charge < -0.3 is 10.8 Å². The zero-order valence-corrected chi connectivity index (χ0v) is 7.57. The zero-order valence-electron chi connectivity index (χ0n) is 6.76. The van der Waals surface area contributed by atoms with Gasteiger partial charge in [0.1, 0.15) is 11.6 Å². The lowest BCUT2D eigenvalue weighted by atomic mass is 10.3. The fourth-order valence-corrected chi connectivity index (χ4v) is 1.55. The highest BCUT2D eigenvalue weighted by Crippen LogP contribution is 2.26. The molecule has 0 aliphatic rings. The summed E-state index contributed by atoms with van der Waals surface area (Å²) in [6, 6.07) is 2.12. The highest BCUT2D eigenvalue weighted by atomic mass is 32.2. The van der Waals surface area contributed by atoms with Gasteiger partial charge in [-0.2, -0.15) is 0 Å². The van der Waals surface area contributed by atoms with Crippen LogP contribution in [0, 0.1) is 11.6 Å². The van der Waals surface area contributed by atoms with E-state index in [1.165, 1.54) is 0 Å². The molecule has 0 saturated heterocycles. The maximum Gasteiger partial charge on any atom is 0.141 e. The van der Waals surface area contributed by atoms with Gasteiger partial charge in [0, 0.05) is 11.4 Å². The molecule has 0 aliphatic heterocycles. The Hall–Kier alpha value is -0.810. The van der Waals surface area contributed by atoms with E-state index >= 15 is 0 Å². The lowest BCUT2D eigenvalue weighted by Crippen LogP contribution is -1.95. The van der Waals surface area contributed by atoms with Gasteiger partial charge in [0.15, 0.2) is 0 Å². The molecule has 0 unspecified atom stereocenters. The van der Waals surface area contributed by atoms with E-state index in [1.807, 2.05) is 0 Å². The van der Waals surface area contributed by atoms with Gasteiger partial charge in [0.25, 0.3) is 0 Å². The highest BCUT2D eigenvalue weighted by molar-refractivity contribution is 7.99. The molecule has 0 aromatic heterocycles. The molecule has 5 heteroatoms. The number of aliphatic hydroxyl groups excluding tert-OH is 1. The molecule has 0 amide bonds. The second-order valence-corrected chi connectivity index (χ2v) is 3.49. The van der Waals surface area contributed by atoms with Crippen molar-refractivity contribution < 1.29 is 13.9 Å². The van der Waals surface area contributed by atoms with Gasteiger partial charge >= 0.3 is 0 Å². The summed E-state index contributed by atoms with van der Waals surface area (Å²) in [5.41, 5.74) is 5.28. The molecule has 0 bridgehead atoms. The molecule has 0 aliphatic carbocycles. The van der Waals surface area contributed by atoms with Crippen molar-refractivity contribution in [2.45, 2.75) is 4.90 Å². The second-order valence-electron chi connectivity index (χ2n) is 2.39. The molecule has 13 heavy (non-hydrogen) atoms. The molecule has 0 fully saturated rings. The van der Waals surface area contributed by atoms with Crippen molar-refractivity contribution >= 4 is 17.4 Å². The number of aliphatic hydroxyl groups is 1. The molecule has 3 N–H and O–H groups in total. The summed E-state index contributed by atoms with van der Waals surface area (Å²) in [4.78, 5) is -0.0942. The Bertz CT molecular complexity index is 283. The summed E-state index contributed by atoms with van der Waals surface area (Å²) in [6.45, 7) is -0.117.